The van der Waals surface area contributed by atoms with Crippen LogP contribution in [0, 0.1) is 0 Å². The van der Waals surface area contributed by atoms with Crippen LogP contribution in [0.25, 0.3) is 0 Å². The molecule has 2 atom stereocenters. The number of benzene rings is 1. The second-order valence-corrected chi connectivity index (χ2v) is 5.83. The Bertz CT molecular complexity index is 539. The standard InChI is InChI=1S/C15H19F2N3O/c16-15(17)5-7-20(8-6-15)14(21)19-12-9-10-3-1-2-4-11(10)13(12)18/h1-4,12-13H,5-9,18H2,(H,19,21)/t12-,13-/m1/s1. The van der Waals surface area contributed by atoms with Crippen LogP contribution in [0.2, 0.25) is 0 Å². The lowest BCUT2D eigenvalue weighted by molar-refractivity contribution is -0.0471. The van der Waals surface area contributed by atoms with Crippen molar-refractivity contribution in [2.24, 2.45) is 5.73 Å². The number of amides is 2. The lowest BCUT2D eigenvalue weighted by Gasteiger charge is -2.33. The molecule has 2 aliphatic rings. The number of rotatable bonds is 1. The van der Waals surface area contributed by atoms with E-state index in [-0.39, 0.29) is 44.0 Å². The molecule has 0 spiro atoms. The van der Waals surface area contributed by atoms with E-state index in [0.29, 0.717) is 6.42 Å². The molecule has 1 saturated heterocycles. The molecule has 21 heavy (non-hydrogen) atoms. The van der Waals surface area contributed by atoms with Crippen LogP contribution in [0.3, 0.4) is 0 Å². The molecule has 3 rings (SSSR count). The maximum absolute atomic E-state index is 13.1. The Morgan fingerprint density at radius 3 is 2.62 bits per heavy atom. The Kier molecular flexibility index (Phi) is 3.57. The third kappa shape index (κ3) is 2.85. The van der Waals surface area contributed by atoms with Crippen LogP contribution in [0.5, 0.6) is 0 Å². The Morgan fingerprint density at radius 1 is 1.29 bits per heavy atom. The summed E-state index contributed by atoms with van der Waals surface area (Å²) >= 11 is 0. The topological polar surface area (TPSA) is 58.4 Å². The molecule has 1 fully saturated rings. The average molecular weight is 295 g/mol. The van der Waals surface area contributed by atoms with Crippen LogP contribution in [0.1, 0.15) is 30.0 Å². The second-order valence-electron chi connectivity index (χ2n) is 5.83. The zero-order chi connectivity index (χ0) is 15.0. The largest absolute Gasteiger partial charge is 0.333 e. The van der Waals surface area contributed by atoms with Crippen LogP contribution in [0.4, 0.5) is 13.6 Å². The number of carbonyl (C=O) groups is 1. The summed E-state index contributed by atoms with van der Waals surface area (Å²) < 4.78 is 26.2. The minimum absolute atomic E-state index is 0.0910. The maximum Gasteiger partial charge on any atom is 0.317 e. The molecule has 3 N–H and O–H groups in total. The molecule has 4 nitrogen and oxygen atoms in total. The summed E-state index contributed by atoms with van der Waals surface area (Å²) in [6.07, 6.45) is 0.155. The van der Waals surface area contributed by atoms with Crippen LogP contribution in [-0.4, -0.2) is 36.0 Å². The fourth-order valence-corrected chi connectivity index (χ4v) is 3.05. The number of carbonyl (C=O) groups excluding carboxylic acids is 1. The molecule has 114 valence electrons. The minimum atomic E-state index is -2.64. The number of halogens is 2. The van der Waals surface area contributed by atoms with E-state index in [0.717, 1.165) is 11.1 Å². The SMILES string of the molecule is N[C@@H]1c2ccccc2C[C@H]1NC(=O)N1CCC(F)(F)CC1. The van der Waals surface area contributed by atoms with Gasteiger partial charge in [-0.3, -0.25) is 0 Å². The van der Waals surface area contributed by atoms with Crippen LogP contribution >= 0.6 is 0 Å². The number of hydrogen-bond donors (Lipinski definition) is 2. The first-order valence-corrected chi connectivity index (χ1v) is 7.23. The van der Waals surface area contributed by atoms with Gasteiger partial charge >= 0.3 is 6.03 Å². The van der Waals surface area contributed by atoms with Gasteiger partial charge in [0.15, 0.2) is 0 Å². The Balaban J connectivity index is 1.60. The van der Waals surface area contributed by atoms with E-state index in [4.69, 9.17) is 5.73 Å². The Labute approximate surface area is 122 Å². The Morgan fingerprint density at radius 2 is 1.95 bits per heavy atom. The van der Waals surface area contributed by atoms with Crippen molar-refractivity contribution in [3.05, 3.63) is 35.4 Å². The van der Waals surface area contributed by atoms with Gasteiger partial charge in [-0.25, -0.2) is 13.6 Å². The van der Waals surface area contributed by atoms with Crippen molar-refractivity contribution in [1.29, 1.82) is 0 Å². The molecule has 1 aromatic carbocycles. The van der Waals surface area contributed by atoms with E-state index in [9.17, 15) is 13.6 Å². The number of alkyl halides is 2. The quantitative estimate of drug-likeness (QED) is 0.833. The summed E-state index contributed by atoms with van der Waals surface area (Å²) in [7, 11) is 0. The van der Waals surface area contributed by atoms with Crippen molar-refractivity contribution in [1.82, 2.24) is 10.2 Å². The highest BCUT2D eigenvalue weighted by Crippen LogP contribution is 2.30. The molecule has 1 heterocycles. The van der Waals surface area contributed by atoms with Gasteiger partial charge in [-0.15, -0.1) is 0 Å². The van der Waals surface area contributed by atoms with Gasteiger partial charge in [0.1, 0.15) is 0 Å². The van der Waals surface area contributed by atoms with Gasteiger partial charge in [-0.1, -0.05) is 24.3 Å². The lowest BCUT2D eigenvalue weighted by Crippen LogP contribution is -2.51. The molecule has 0 aromatic heterocycles. The number of piperidine rings is 1. The number of nitrogens with two attached hydrogens (primary N) is 1. The fourth-order valence-electron chi connectivity index (χ4n) is 3.05. The van der Waals surface area contributed by atoms with Gasteiger partial charge in [0.05, 0.1) is 12.1 Å². The number of likely N-dealkylation sites (tertiary alicyclic amines) is 1. The van der Waals surface area contributed by atoms with Crippen molar-refractivity contribution in [3.63, 3.8) is 0 Å². The molecule has 0 unspecified atom stereocenters. The second kappa shape index (κ2) is 5.26. The molecule has 1 aromatic rings. The average Bonchev–Trinajstić information content (AvgIpc) is 2.76. The number of nitrogens with one attached hydrogen (secondary N) is 1. The molecule has 0 saturated carbocycles. The molecule has 1 aliphatic heterocycles. The predicted molar refractivity (Wildman–Crippen MR) is 75.1 cm³/mol. The van der Waals surface area contributed by atoms with Crippen molar-refractivity contribution in [3.8, 4) is 0 Å². The van der Waals surface area contributed by atoms with Gasteiger partial charge in [-0.05, 0) is 17.5 Å². The fraction of sp³-hybridized carbons (Fsp3) is 0.533. The lowest BCUT2D eigenvalue weighted by atomic mass is 10.1. The molecular formula is C15H19F2N3O. The van der Waals surface area contributed by atoms with Crippen LogP contribution < -0.4 is 11.1 Å². The molecular weight excluding hydrogens is 276 g/mol. The Hall–Kier alpha value is -1.69. The highest BCUT2D eigenvalue weighted by atomic mass is 19.3. The van der Waals surface area contributed by atoms with E-state index in [1.807, 2.05) is 24.3 Å². The smallest absolute Gasteiger partial charge is 0.317 e. The zero-order valence-electron chi connectivity index (χ0n) is 11.7. The van der Waals surface area contributed by atoms with Crippen molar-refractivity contribution < 1.29 is 13.6 Å². The summed E-state index contributed by atoms with van der Waals surface area (Å²) in [5.41, 5.74) is 8.35. The summed E-state index contributed by atoms with van der Waals surface area (Å²) in [5, 5.41) is 2.89. The van der Waals surface area contributed by atoms with E-state index >= 15 is 0 Å². The van der Waals surface area contributed by atoms with Crippen molar-refractivity contribution in [2.45, 2.75) is 37.3 Å². The number of fused-ring (bicyclic) bond motifs is 1. The number of urea groups is 1. The van der Waals surface area contributed by atoms with Crippen LogP contribution in [-0.2, 0) is 6.42 Å². The summed E-state index contributed by atoms with van der Waals surface area (Å²) in [6, 6.07) is 7.14. The van der Waals surface area contributed by atoms with Crippen molar-refractivity contribution >= 4 is 6.03 Å². The summed E-state index contributed by atoms with van der Waals surface area (Å²) in [6.45, 7) is 0.182. The summed E-state index contributed by atoms with van der Waals surface area (Å²) in [5.74, 6) is -2.64. The van der Waals surface area contributed by atoms with Gasteiger partial charge < -0.3 is 16.0 Å². The number of nitrogens with zero attached hydrogens (tertiary/aromatic N) is 1. The number of hydrogen-bond acceptors (Lipinski definition) is 2. The first kappa shape index (κ1) is 14.3. The highest BCUT2D eigenvalue weighted by Gasteiger charge is 2.37. The van der Waals surface area contributed by atoms with Crippen molar-refractivity contribution in [2.75, 3.05) is 13.1 Å². The summed E-state index contributed by atoms with van der Waals surface area (Å²) in [4.78, 5) is 13.6. The van der Waals surface area contributed by atoms with Gasteiger partial charge in [0, 0.05) is 25.9 Å². The van der Waals surface area contributed by atoms with Gasteiger partial charge in [0.2, 0.25) is 0 Å². The molecule has 0 bridgehead atoms. The third-order valence-electron chi connectivity index (χ3n) is 4.38. The molecule has 6 heteroatoms. The van der Waals surface area contributed by atoms with E-state index in [1.165, 1.54) is 4.90 Å². The first-order valence-electron chi connectivity index (χ1n) is 7.23. The van der Waals surface area contributed by atoms with Gasteiger partial charge in [0.25, 0.3) is 5.92 Å². The molecule has 2 amide bonds. The zero-order valence-corrected chi connectivity index (χ0v) is 11.7. The van der Waals surface area contributed by atoms with Gasteiger partial charge in [-0.2, -0.15) is 0 Å². The monoisotopic (exact) mass is 295 g/mol. The molecule has 0 radical (unpaired) electrons. The maximum atomic E-state index is 13.1. The van der Waals surface area contributed by atoms with Crippen LogP contribution in [0.15, 0.2) is 24.3 Å². The molecule has 1 aliphatic carbocycles. The first-order chi connectivity index (χ1) is 9.96. The van der Waals surface area contributed by atoms with E-state index in [2.05, 4.69) is 5.32 Å². The predicted octanol–water partition coefficient (Wildman–Crippen LogP) is 2.05. The van der Waals surface area contributed by atoms with E-state index < -0.39 is 5.92 Å². The third-order valence-corrected chi connectivity index (χ3v) is 4.38. The van der Waals surface area contributed by atoms with E-state index in [1.54, 1.807) is 0 Å². The highest BCUT2D eigenvalue weighted by molar-refractivity contribution is 5.75. The normalized spacial score (nSPS) is 27.3. The minimum Gasteiger partial charge on any atom is -0.333 e.